The average molecular weight is 544 g/mol. The van der Waals surface area contributed by atoms with E-state index in [-0.39, 0.29) is 35.5 Å². The Kier molecular flexibility index (Phi) is 7.81. The standard InChI is InChI=1S/C32H37N3O5/c1-21-30(31(37)35(23-8-6-5-7-9-23)34(21)20-32(2,3)38)28(36)18-22-10-12-24(13-11-22)40-29-16-17-33-27-19-25(39-4)14-15-26(27)29/h5-9,14-17,19,22,24,38H,10-13,18,20H2,1-4H3. The molecule has 1 aliphatic carbocycles. The van der Waals surface area contributed by atoms with Crippen molar-refractivity contribution in [2.24, 2.45) is 5.92 Å². The number of fused-ring (bicyclic) bond motifs is 1. The molecule has 40 heavy (non-hydrogen) atoms. The maximum absolute atomic E-state index is 13.6. The van der Waals surface area contributed by atoms with Crippen molar-refractivity contribution >= 4 is 16.7 Å². The number of para-hydroxylation sites is 1. The van der Waals surface area contributed by atoms with Gasteiger partial charge in [0.1, 0.15) is 17.1 Å². The molecule has 1 fully saturated rings. The molecular formula is C32H37N3O5. The zero-order valence-electron chi connectivity index (χ0n) is 23.6. The minimum Gasteiger partial charge on any atom is -0.497 e. The van der Waals surface area contributed by atoms with Gasteiger partial charge < -0.3 is 14.6 Å². The fraction of sp³-hybridized carbons (Fsp3) is 0.406. The van der Waals surface area contributed by atoms with E-state index in [0.29, 0.717) is 17.8 Å². The zero-order chi connectivity index (χ0) is 28.4. The van der Waals surface area contributed by atoms with Crippen LogP contribution in [0.2, 0.25) is 0 Å². The van der Waals surface area contributed by atoms with Crippen molar-refractivity contribution in [1.82, 2.24) is 14.3 Å². The molecule has 0 spiro atoms. The Morgan fingerprint density at radius 3 is 2.48 bits per heavy atom. The van der Waals surface area contributed by atoms with Gasteiger partial charge in [-0.2, -0.15) is 0 Å². The molecule has 1 aliphatic rings. The first-order valence-corrected chi connectivity index (χ1v) is 13.9. The highest BCUT2D eigenvalue weighted by molar-refractivity contribution is 5.97. The smallest absolute Gasteiger partial charge is 0.282 e. The number of carbonyl (C=O) groups excluding carboxylic acids is 1. The molecule has 0 bridgehead atoms. The van der Waals surface area contributed by atoms with Gasteiger partial charge in [0.15, 0.2) is 5.78 Å². The Morgan fingerprint density at radius 1 is 1.07 bits per heavy atom. The summed E-state index contributed by atoms with van der Waals surface area (Å²) < 4.78 is 14.9. The van der Waals surface area contributed by atoms with Gasteiger partial charge in [0.2, 0.25) is 0 Å². The first-order valence-electron chi connectivity index (χ1n) is 13.9. The maximum Gasteiger partial charge on any atom is 0.282 e. The second-order valence-electron chi connectivity index (χ2n) is 11.4. The van der Waals surface area contributed by atoms with Gasteiger partial charge in [-0.25, -0.2) is 4.68 Å². The van der Waals surface area contributed by atoms with Gasteiger partial charge in [0, 0.05) is 29.8 Å². The minimum atomic E-state index is -1.06. The van der Waals surface area contributed by atoms with Gasteiger partial charge in [-0.05, 0) is 82.7 Å². The molecule has 8 heteroatoms. The highest BCUT2D eigenvalue weighted by Gasteiger charge is 2.30. The molecule has 5 rings (SSSR count). The van der Waals surface area contributed by atoms with Crippen molar-refractivity contribution in [2.45, 2.75) is 71.1 Å². The van der Waals surface area contributed by atoms with Crippen LogP contribution in [0, 0.1) is 12.8 Å². The Balaban J connectivity index is 1.29. The molecular weight excluding hydrogens is 506 g/mol. The van der Waals surface area contributed by atoms with E-state index in [2.05, 4.69) is 4.98 Å². The number of hydrogen-bond acceptors (Lipinski definition) is 6. The number of methoxy groups -OCH3 is 1. The lowest BCUT2D eigenvalue weighted by Crippen LogP contribution is -2.32. The van der Waals surface area contributed by atoms with Gasteiger partial charge in [-0.15, -0.1) is 0 Å². The first-order chi connectivity index (χ1) is 19.1. The SMILES string of the molecule is COc1ccc2c(OC3CCC(CC(=O)c4c(C)n(CC(C)(C)O)n(-c5ccccc5)c4=O)CC3)ccnc2c1. The fourth-order valence-corrected chi connectivity index (χ4v) is 5.68. The Labute approximate surface area is 234 Å². The number of ether oxygens (including phenoxy) is 2. The second kappa shape index (κ2) is 11.3. The predicted octanol–water partition coefficient (Wildman–Crippen LogP) is 5.49. The third kappa shape index (κ3) is 5.82. The van der Waals surface area contributed by atoms with Crippen LogP contribution in [0.15, 0.2) is 65.6 Å². The summed E-state index contributed by atoms with van der Waals surface area (Å²) in [6, 6.07) is 16.9. The van der Waals surface area contributed by atoms with E-state index in [4.69, 9.17) is 9.47 Å². The van der Waals surface area contributed by atoms with Crippen LogP contribution in [-0.2, 0) is 6.54 Å². The van der Waals surface area contributed by atoms with Crippen LogP contribution in [0.4, 0.5) is 0 Å². The van der Waals surface area contributed by atoms with E-state index in [1.54, 1.807) is 38.8 Å². The summed E-state index contributed by atoms with van der Waals surface area (Å²) in [5.41, 5.74) is 0.890. The van der Waals surface area contributed by atoms with Gasteiger partial charge >= 0.3 is 0 Å². The van der Waals surface area contributed by atoms with Gasteiger partial charge in [-0.3, -0.25) is 19.3 Å². The molecule has 0 atom stereocenters. The van der Waals surface area contributed by atoms with Crippen molar-refractivity contribution < 1.29 is 19.4 Å². The molecule has 1 N–H and O–H groups in total. The van der Waals surface area contributed by atoms with E-state index >= 15 is 0 Å². The fourth-order valence-electron chi connectivity index (χ4n) is 5.68. The molecule has 2 aromatic carbocycles. The van der Waals surface area contributed by atoms with Crippen molar-refractivity contribution in [2.75, 3.05) is 7.11 Å². The summed E-state index contributed by atoms with van der Waals surface area (Å²) in [5.74, 6) is 1.61. The molecule has 4 aromatic rings. The summed E-state index contributed by atoms with van der Waals surface area (Å²) in [6.45, 7) is 5.37. The average Bonchev–Trinajstić information content (AvgIpc) is 3.17. The highest BCUT2D eigenvalue weighted by atomic mass is 16.5. The predicted molar refractivity (Wildman–Crippen MR) is 155 cm³/mol. The summed E-state index contributed by atoms with van der Waals surface area (Å²) in [7, 11) is 1.64. The van der Waals surface area contributed by atoms with Gasteiger partial charge in [-0.1, -0.05) is 18.2 Å². The number of Topliss-reactive ketones (excluding diaryl/α,β-unsaturated/α-hetero) is 1. The lowest BCUT2D eigenvalue weighted by Gasteiger charge is -2.29. The largest absolute Gasteiger partial charge is 0.497 e. The quantitative estimate of drug-likeness (QED) is 0.281. The van der Waals surface area contributed by atoms with Crippen LogP contribution < -0.4 is 15.0 Å². The van der Waals surface area contributed by atoms with Crippen LogP contribution in [0.5, 0.6) is 11.5 Å². The number of ketones is 1. The summed E-state index contributed by atoms with van der Waals surface area (Å²) >= 11 is 0. The van der Waals surface area contributed by atoms with Crippen LogP contribution in [-0.4, -0.2) is 44.1 Å². The molecule has 0 aliphatic heterocycles. The molecule has 8 nitrogen and oxygen atoms in total. The van der Waals surface area contributed by atoms with Crippen LogP contribution in [0.1, 0.15) is 62.0 Å². The van der Waals surface area contributed by atoms with Crippen molar-refractivity contribution in [3.8, 4) is 17.2 Å². The lowest BCUT2D eigenvalue weighted by atomic mass is 9.83. The van der Waals surface area contributed by atoms with E-state index in [1.165, 1.54) is 4.68 Å². The molecule has 210 valence electrons. The molecule has 0 amide bonds. The molecule has 1 saturated carbocycles. The van der Waals surface area contributed by atoms with E-state index in [9.17, 15) is 14.7 Å². The molecule has 0 saturated heterocycles. The van der Waals surface area contributed by atoms with Crippen molar-refractivity contribution in [3.63, 3.8) is 0 Å². The summed E-state index contributed by atoms with van der Waals surface area (Å²) in [6.07, 6.45) is 5.50. The zero-order valence-corrected chi connectivity index (χ0v) is 23.6. The highest BCUT2D eigenvalue weighted by Crippen LogP contribution is 2.33. The van der Waals surface area contributed by atoms with Crippen LogP contribution >= 0.6 is 0 Å². The first kappa shape index (κ1) is 27.6. The number of rotatable bonds is 9. The van der Waals surface area contributed by atoms with E-state index in [1.807, 2.05) is 54.6 Å². The normalized spacial score (nSPS) is 17.6. The van der Waals surface area contributed by atoms with Crippen molar-refractivity contribution in [1.29, 1.82) is 0 Å². The third-order valence-corrected chi connectivity index (χ3v) is 7.68. The van der Waals surface area contributed by atoms with Crippen LogP contribution in [0.3, 0.4) is 0 Å². The number of pyridine rings is 1. The number of carbonyl (C=O) groups is 1. The second-order valence-corrected chi connectivity index (χ2v) is 11.4. The van der Waals surface area contributed by atoms with Crippen LogP contribution in [0.25, 0.3) is 16.6 Å². The molecule has 2 aromatic heterocycles. The van der Waals surface area contributed by atoms with Gasteiger partial charge in [0.25, 0.3) is 5.56 Å². The monoisotopic (exact) mass is 543 g/mol. The minimum absolute atomic E-state index is 0.0592. The summed E-state index contributed by atoms with van der Waals surface area (Å²) in [4.78, 5) is 31.6. The molecule has 0 radical (unpaired) electrons. The third-order valence-electron chi connectivity index (χ3n) is 7.68. The maximum atomic E-state index is 13.6. The van der Waals surface area contributed by atoms with E-state index < -0.39 is 5.60 Å². The Bertz CT molecular complexity index is 1560. The topological polar surface area (TPSA) is 95.6 Å². The van der Waals surface area contributed by atoms with E-state index in [0.717, 1.165) is 48.1 Å². The number of benzene rings is 2. The number of aliphatic hydroxyl groups is 1. The lowest BCUT2D eigenvalue weighted by molar-refractivity contribution is 0.0545. The number of aromatic nitrogens is 3. The van der Waals surface area contributed by atoms with Gasteiger partial charge in [0.05, 0.1) is 36.6 Å². The number of nitrogens with zero attached hydrogens (tertiary/aromatic N) is 3. The Morgan fingerprint density at radius 2 is 1.80 bits per heavy atom. The molecule has 2 heterocycles. The number of hydrogen-bond donors (Lipinski definition) is 1. The molecule has 0 unspecified atom stereocenters. The van der Waals surface area contributed by atoms with Crippen molar-refractivity contribution in [3.05, 3.63) is 82.4 Å². The summed E-state index contributed by atoms with van der Waals surface area (Å²) in [5, 5.41) is 11.5. The Hall–Kier alpha value is -3.91.